The third kappa shape index (κ3) is 1.68. The molecule has 0 bridgehead atoms. The SMILES string of the molecule is CNc1cc2ccnn2cc1C(C)(C)O. The molecule has 15 heavy (non-hydrogen) atoms. The first-order valence-electron chi connectivity index (χ1n) is 4.90. The van der Waals surface area contributed by atoms with E-state index in [9.17, 15) is 5.11 Å². The normalized spacial score (nSPS) is 12.0. The second-order valence-corrected chi connectivity index (χ2v) is 4.11. The summed E-state index contributed by atoms with van der Waals surface area (Å²) in [5.41, 5.74) is 1.89. The van der Waals surface area contributed by atoms with Crippen LogP contribution >= 0.6 is 0 Å². The first kappa shape index (κ1) is 9.98. The number of anilines is 1. The Balaban J connectivity index is 2.70. The number of hydrogen-bond donors (Lipinski definition) is 2. The standard InChI is InChI=1S/C11H15N3O/c1-11(2,15)9-7-14-8(4-5-13-14)6-10(9)12-3/h4-7,12,15H,1-3H3. The molecule has 0 radical (unpaired) electrons. The maximum atomic E-state index is 10.0. The first-order chi connectivity index (χ1) is 7.02. The van der Waals surface area contributed by atoms with Gasteiger partial charge in [-0.15, -0.1) is 0 Å². The molecule has 2 aromatic rings. The highest BCUT2D eigenvalue weighted by Crippen LogP contribution is 2.28. The molecule has 4 nitrogen and oxygen atoms in total. The van der Waals surface area contributed by atoms with E-state index < -0.39 is 5.60 Å². The Morgan fingerprint density at radius 1 is 1.47 bits per heavy atom. The molecule has 0 aromatic carbocycles. The topological polar surface area (TPSA) is 49.6 Å². The summed E-state index contributed by atoms with van der Waals surface area (Å²) in [5.74, 6) is 0. The molecule has 4 heteroatoms. The fourth-order valence-corrected chi connectivity index (χ4v) is 1.66. The highest BCUT2D eigenvalue weighted by atomic mass is 16.3. The average molecular weight is 205 g/mol. The summed E-state index contributed by atoms with van der Waals surface area (Å²) >= 11 is 0. The van der Waals surface area contributed by atoms with Crippen LogP contribution in [0.1, 0.15) is 19.4 Å². The van der Waals surface area contributed by atoms with Crippen molar-refractivity contribution in [2.24, 2.45) is 0 Å². The molecule has 0 fully saturated rings. The monoisotopic (exact) mass is 205 g/mol. The van der Waals surface area contributed by atoms with E-state index in [1.807, 2.05) is 25.4 Å². The van der Waals surface area contributed by atoms with Crippen LogP contribution in [0.2, 0.25) is 0 Å². The Morgan fingerprint density at radius 2 is 2.20 bits per heavy atom. The van der Waals surface area contributed by atoms with Crippen molar-refractivity contribution in [2.45, 2.75) is 19.4 Å². The van der Waals surface area contributed by atoms with Gasteiger partial charge < -0.3 is 10.4 Å². The Hall–Kier alpha value is -1.55. The van der Waals surface area contributed by atoms with Gasteiger partial charge in [0.2, 0.25) is 0 Å². The van der Waals surface area contributed by atoms with Crippen molar-refractivity contribution in [3.8, 4) is 0 Å². The number of pyridine rings is 1. The smallest absolute Gasteiger partial charge is 0.0875 e. The van der Waals surface area contributed by atoms with E-state index in [1.54, 1.807) is 24.6 Å². The van der Waals surface area contributed by atoms with Crippen LogP contribution in [-0.2, 0) is 5.60 Å². The summed E-state index contributed by atoms with van der Waals surface area (Å²) in [5, 5.41) is 17.2. The molecule has 2 aromatic heterocycles. The lowest BCUT2D eigenvalue weighted by molar-refractivity contribution is 0.0788. The number of aliphatic hydroxyl groups is 1. The maximum Gasteiger partial charge on any atom is 0.0875 e. The van der Waals surface area contributed by atoms with Gasteiger partial charge in [-0.1, -0.05) is 0 Å². The van der Waals surface area contributed by atoms with E-state index in [-0.39, 0.29) is 0 Å². The third-order valence-corrected chi connectivity index (χ3v) is 2.46. The Labute approximate surface area is 88.5 Å². The number of rotatable bonds is 2. The van der Waals surface area contributed by atoms with E-state index in [0.717, 1.165) is 16.8 Å². The molecule has 2 heterocycles. The molecule has 0 atom stereocenters. The molecular formula is C11H15N3O. The van der Waals surface area contributed by atoms with Crippen molar-refractivity contribution in [3.63, 3.8) is 0 Å². The third-order valence-electron chi connectivity index (χ3n) is 2.46. The molecule has 0 saturated heterocycles. The molecule has 2 rings (SSSR count). The van der Waals surface area contributed by atoms with Gasteiger partial charge in [0.25, 0.3) is 0 Å². The number of fused-ring (bicyclic) bond motifs is 1. The lowest BCUT2D eigenvalue weighted by atomic mass is 9.98. The van der Waals surface area contributed by atoms with Gasteiger partial charge >= 0.3 is 0 Å². The van der Waals surface area contributed by atoms with Gasteiger partial charge in [0, 0.05) is 30.7 Å². The lowest BCUT2D eigenvalue weighted by Crippen LogP contribution is -2.18. The van der Waals surface area contributed by atoms with Crippen molar-refractivity contribution in [1.82, 2.24) is 9.61 Å². The molecule has 0 aliphatic rings. The number of aromatic nitrogens is 2. The molecule has 0 spiro atoms. The average Bonchev–Trinajstić information content (AvgIpc) is 2.60. The minimum absolute atomic E-state index is 0.834. The molecule has 80 valence electrons. The quantitative estimate of drug-likeness (QED) is 0.783. The highest BCUT2D eigenvalue weighted by Gasteiger charge is 2.20. The van der Waals surface area contributed by atoms with Gasteiger partial charge in [-0.2, -0.15) is 5.10 Å². The van der Waals surface area contributed by atoms with Crippen LogP contribution < -0.4 is 5.32 Å². The van der Waals surface area contributed by atoms with Gasteiger partial charge in [0.05, 0.1) is 11.1 Å². The molecule has 0 aliphatic heterocycles. The summed E-state index contributed by atoms with van der Waals surface area (Å²) in [6.07, 6.45) is 3.59. The van der Waals surface area contributed by atoms with Crippen molar-refractivity contribution in [2.75, 3.05) is 12.4 Å². The molecular weight excluding hydrogens is 190 g/mol. The van der Waals surface area contributed by atoms with Crippen molar-refractivity contribution in [1.29, 1.82) is 0 Å². The van der Waals surface area contributed by atoms with Crippen LogP contribution in [0.4, 0.5) is 5.69 Å². The van der Waals surface area contributed by atoms with E-state index in [4.69, 9.17) is 0 Å². The zero-order valence-corrected chi connectivity index (χ0v) is 9.15. The molecule has 0 amide bonds. The summed E-state index contributed by atoms with van der Waals surface area (Å²) < 4.78 is 1.76. The summed E-state index contributed by atoms with van der Waals surface area (Å²) in [6, 6.07) is 3.90. The van der Waals surface area contributed by atoms with E-state index >= 15 is 0 Å². The maximum absolute atomic E-state index is 10.0. The number of nitrogens with one attached hydrogen (secondary N) is 1. The largest absolute Gasteiger partial charge is 0.388 e. The minimum atomic E-state index is -0.877. The summed E-state index contributed by atoms with van der Waals surface area (Å²) in [6.45, 7) is 3.52. The predicted octanol–water partition coefficient (Wildman–Crippen LogP) is 1.60. The summed E-state index contributed by atoms with van der Waals surface area (Å²) in [4.78, 5) is 0. The fourth-order valence-electron chi connectivity index (χ4n) is 1.66. The Bertz CT molecular complexity index is 482. The van der Waals surface area contributed by atoms with E-state index in [1.165, 1.54) is 0 Å². The van der Waals surface area contributed by atoms with Gasteiger partial charge in [-0.3, -0.25) is 0 Å². The van der Waals surface area contributed by atoms with E-state index in [2.05, 4.69) is 10.4 Å². The van der Waals surface area contributed by atoms with Gasteiger partial charge in [0.1, 0.15) is 0 Å². The van der Waals surface area contributed by atoms with Gasteiger partial charge in [-0.25, -0.2) is 4.52 Å². The van der Waals surface area contributed by atoms with Crippen molar-refractivity contribution >= 4 is 11.2 Å². The summed E-state index contributed by atoms with van der Waals surface area (Å²) in [7, 11) is 1.84. The van der Waals surface area contributed by atoms with Crippen LogP contribution in [0, 0.1) is 0 Å². The number of hydrogen-bond acceptors (Lipinski definition) is 3. The Kier molecular flexibility index (Phi) is 2.16. The number of nitrogens with zero attached hydrogens (tertiary/aromatic N) is 2. The molecule has 0 aliphatic carbocycles. The second-order valence-electron chi connectivity index (χ2n) is 4.11. The lowest BCUT2D eigenvalue weighted by Gasteiger charge is -2.21. The zero-order chi connectivity index (χ0) is 11.1. The van der Waals surface area contributed by atoms with Crippen LogP contribution in [-0.4, -0.2) is 21.8 Å². The van der Waals surface area contributed by atoms with Gasteiger partial charge in [-0.05, 0) is 26.0 Å². The van der Waals surface area contributed by atoms with Crippen LogP contribution in [0.5, 0.6) is 0 Å². The van der Waals surface area contributed by atoms with Crippen LogP contribution in [0.25, 0.3) is 5.52 Å². The first-order valence-corrected chi connectivity index (χ1v) is 4.90. The van der Waals surface area contributed by atoms with Crippen LogP contribution in [0.3, 0.4) is 0 Å². The Morgan fingerprint density at radius 3 is 2.80 bits per heavy atom. The predicted molar refractivity (Wildman–Crippen MR) is 60.0 cm³/mol. The van der Waals surface area contributed by atoms with Crippen LogP contribution in [0.15, 0.2) is 24.5 Å². The molecule has 0 unspecified atom stereocenters. The fraction of sp³-hybridized carbons (Fsp3) is 0.364. The second kappa shape index (κ2) is 3.24. The molecule has 0 saturated carbocycles. The van der Waals surface area contributed by atoms with Crippen molar-refractivity contribution < 1.29 is 5.11 Å². The van der Waals surface area contributed by atoms with Gasteiger partial charge in [0.15, 0.2) is 0 Å². The zero-order valence-electron chi connectivity index (χ0n) is 9.15. The van der Waals surface area contributed by atoms with E-state index in [0.29, 0.717) is 0 Å². The van der Waals surface area contributed by atoms with Crippen molar-refractivity contribution in [3.05, 3.63) is 30.1 Å². The molecule has 2 N–H and O–H groups in total. The minimum Gasteiger partial charge on any atom is -0.388 e. The highest BCUT2D eigenvalue weighted by molar-refractivity contribution is 5.62.